The van der Waals surface area contributed by atoms with E-state index in [1.54, 1.807) is 0 Å². The highest BCUT2D eigenvalue weighted by molar-refractivity contribution is 7.07. The van der Waals surface area contributed by atoms with Crippen molar-refractivity contribution in [3.63, 3.8) is 0 Å². The summed E-state index contributed by atoms with van der Waals surface area (Å²) < 4.78 is 0. The molecule has 0 spiro atoms. The van der Waals surface area contributed by atoms with E-state index in [1.165, 1.54) is 18.5 Å². The minimum absolute atomic E-state index is 0.625. The van der Waals surface area contributed by atoms with E-state index in [2.05, 4.69) is 61.7 Å². The van der Waals surface area contributed by atoms with Crippen molar-refractivity contribution in [1.82, 2.24) is 10.2 Å². The summed E-state index contributed by atoms with van der Waals surface area (Å²) in [5.74, 6) is 1.42. The van der Waals surface area contributed by atoms with E-state index in [0.717, 1.165) is 6.54 Å². The zero-order valence-corrected chi connectivity index (χ0v) is 14.4. The molecule has 0 amide bonds. The first-order chi connectivity index (χ1) is 9.49. The highest BCUT2D eigenvalue weighted by Gasteiger charge is 2.33. The number of nitrogens with zero attached hydrogens (tertiary/aromatic N) is 1. The van der Waals surface area contributed by atoms with Gasteiger partial charge in [-0.1, -0.05) is 27.7 Å². The van der Waals surface area contributed by atoms with Gasteiger partial charge in [0.15, 0.2) is 0 Å². The summed E-state index contributed by atoms with van der Waals surface area (Å²) in [4.78, 5) is 2.75. The van der Waals surface area contributed by atoms with E-state index >= 15 is 0 Å². The lowest BCUT2D eigenvalue weighted by atomic mass is 9.92. The number of hydrogen-bond acceptors (Lipinski definition) is 3. The molecular formula is C17H30N2S. The standard InChI is InChI=1S/C17H30N2S/c1-12(2)16-10-19(17(9-18-16)13(3)4)14(5)8-15-6-7-20-11-15/h6-7,11-14,16-18H,8-10H2,1-5H3. The molecule has 1 saturated heterocycles. The summed E-state index contributed by atoms with van der Waals surface area (Å²) in [6.45, 7) is 14.1. The molecule has 0 bridgehead atoms. The van der Waals surface area contributed by atoms with Crippen LogP contribution in [0.3, 0.4) is 0 Å². The van der Waals surface area contributed by atoms with Crippen LogP contribution in [0.1, 0.15) is 40.2 Å². The molecule has 2 nitrogen and oxygen atoms in total. The molecule has 1 N–H and O–H groups in total. The Morgan fingerprint density at radius 3 is 2.55 bits per heavy atom. The zero-order chi connectivity index (χ0) is 14.7. The van der Waals surface area contributed by atoms with Crippen LogP contribution in [0.2, 0.25) is 0 Å². The SMILES string of the molecule is CC(C)C1CN(C(C)Cc2ccsc2)C(C(C)C)CN1. The van der Waals surface area contributed by atoms with Gasteiger partial charge in [0.2, 0.25) is 0 Å². The van der Waals surface area contributed by atoms with Crippen LogP contribution in [-0.2, 0) is 6.42 Å². The molecule has 2 heterocycles. The first kappa shape index (κ1) is 16.0. The van der Waals surface area contributed by atoms with Crippen LogP contribution in [0.5, 0.6) is 0 Å². The fourth-order valence-electron chi connectivity index (χ4n) is 3.26. The van der Waals surface area contributed by atoms with Gasteiger partial charge in [-0.3, -0.25) is 4.90 Å². The fraction of sp³-hybridized carbons (Fsp3) is 0.765. The second kappa shape index (κ2) is 7.06. The maximum atomic E-state index is 3.75. The molecule has 1 aliphatic rings. The Kier molecular flexibility index (Phi) is 5.65. The molecule has 3 unspecified atom stereocenters. The van der Waals surface area contributed by atoms with Crippen LogP contribution in [0.25, 0.3) is 0 Å². The van der Waals surface area contributed by atoms with Crippen molar-refractivity contribution in [2.75, 3.05) is 13.1 Å². The highest BCUT2D eigenvalue weighted by atomic mass is 32.1. The number of thiophene rings is 1. The monoisotopic (exact) mass is 294 g/mol. The third kappa shape index (κ3) is 3.84. The summed E-state index contributed by atoms with van der Waals surface area (Å²) in [5.41, 5.74) is 1.49. The summed E-state index contributed by atoms with van der Waals surface area (Å²) in [5, 5.41) is 8.24. The minimum atomic E-state index is 0.625. The molecule has 114 valence electrons. The Balaban J connectivity index is 2.05. The van der Waals surface area contributed by atoms with Gasteiger partial charge in [-0.2, -0.15) is 11.3 Å². The Labute approximate surface area is 128 Å². The molecule has 0 aromatic carbocycles. The molecule has 1 aliphatic heterocycles. The van der Waals surface area contributed by atoms with E-state index in [0.29, 0.717) is 30.0 Å². The normalized spacial score (nSPS) is 26.4. The van der Waals surface area contributed by atoms with Gasteiger partial charge in [0.1, 0.15) is 0 Å². The molecule has 1 aromatic rings. The number of nitrogens with one attached hydrogen (secondary N) is 1. The van der Waals surface area contributed by atoms with E-state index in [4.69, 9.17) is 0 Å². The Bertz CT molecular complexity index is 386. The average molecular weight is 295 g/mol. The van der Waals surface area contributed by atoms with Crippen LogP contribution >= 0.6 is 11.3 Å². The molecule has 0 aliphatic carbocycles. The quantitative estimate of drug-likeness (QED) is 0.892. The van der Waals surface area contributed by atoms with Crippen molar-refractivity contribution >= 4 is 11.3 Å². The van der Waals surface area contributed by atoms with Crippen molar-refractivity contribution in [3.05, 3.63) is 22.4 Å². The van der Waals surface area contributed by atoms with Gasteiger partial charge < -0.3 is 5.32 Å². The predicted molar refractivity (Wildman–Crippen MR) is 89.4 cm³/mol. The highest BCUT2D eigenvalue weighted by Crippen LogP contribution is 2.23. The van der Waals surface area contributed by atoms with Gasteiger partial charge in [0.25, 0.3) is 0 Å². The van der Waals surface area contributed by atoms with Crippen molar-refractivity contribution in [1.29, 1.82) is 0 Å². The van der Waals surface area contributed by atoms with Gasteiger partial charge in [-0.15, -0.1) is 0 Å². The van der Waals surface area contributed by atoms with E-state index in [9.17, 15) is 0 Å². The van der Waals surface area contributed by atoms with Gasteiger partial charge in [-0.05, 0) is 47.6 Å². The van der Waals surface area contributed by atoms with Crippen molar-refractivity contribution in [2.45, 2.75) is 59.2 Å². The summed E-state index contributed by atoms with van der Waals surface area (Å²) >= 11 is 1.81. The van der Waals surface area contributed by atoms with Crippen LogP contribution in [0.15, 0.2) is 16.8 Å². The summed E-state index contributed by atoms with van der Waals surface area (Å²) in [6.07, 6.45) is 1.18. The largest absolute Gasteiger partial charge is 0.311 e. The summed E-state index contributed by atoms with van der Waals surface area (Å²) in [7, 11) is 0. The van der Waals surface area contributed by atoms with E-state index in [1.807, 2.05) is 11.3 Å². The number of rotatable bonds is 5. The molecule has 2 rings (SSSR count). The summed E-state index contributed by atoms with van der Waals surface area (Å²) in [6, 6.07) is 4.20. The molecule has 20 heavy (non-hydrogen) atoms. The molecule has 1 aromatic heterocycles. The Hall–Kier alpha value is -0.380. The first-order valence-corrected chi connectivity index (χ1v) is 8.93. The average Bonchev–Trinajstić information content (AvgIpc) is 2.90. The lowest BCUT2D eigenvalue weighted by Crippen LogP contribution is -2.62. The van der Waals surface area contributed by atoms with Crippen LogP contribution in [0.4, 0.5) is 0 Å². The van der Waals surface area contributed by atoms with Gasteiger partial charge in [0, 0.05) is 31.2 Å². The minimum Gasteiger partial charge on any atom is -0.311 e. The maximum absolute atomic E-state index is 3.75. The lowest BCUT2D eigenvalue weighted by Gasteiger charge is -2.46. The molecule has 3 heteroatoms. The van der Waals surface area contributed by atoms with Gasteiger partial charge >= 0.3 is 0 Å². The Morgan fingerprint density at radius 1 is 1.25 bits per heavy atom. The van der Waals surface area contributed by atoms with Crippen LogP contribution in [-0.4, -0.2) is 36.1 Å². The van der Waals surface area contributed by atoms with Crippen molar-refractivity contribution in [3.8, 4) is 0 Å². The first-order valence-electron chi connectivity index (χ1n) is 7.99. The smallest absolute Gasteiger partial charge is 0.0247 e. The topological polar surface area (TPSA) is 15.3 Å². The van der Waals surface area contributed by atoms with E-state index in [-0.39, 0.29) is 0 Å². The maximum Gasteiger partial charge on any atom is 0.0247 e. The third-order valence-corrected chi connectivity index (χ3v) is 5.41. The van der Waals surface area contributed by atoms with Crippen LogP contribution < -0.4 is 5.32 Å². The zero-order valence-electron chi connectivity index (χ0n) is 13.6. The fourth-order valence-corrected chi connectivity index (χ4v) is 3.94. The molecule has 0 radical (unpaired) electrons. The second-order valence-electron chi connectivity index (χ2n) is 6.95. The molecule has 3 atom stereocenters. The van der Waals surface area contributed by atoms with E-state index < -0.39 is 0 Å². The third-order valence-electron chi connectivity index (χ3n) is 4.67. The van der Waals surface area contributed by atoms with Crippen molar-refractivity contribution < 1.29 is 0 Å². The predicted octanol–water partition coefficient (Wildman–Crippen LogP) is 3.63. The molecular weight excluding hydrogens is 264 g/mol. The Morgan fingerprint density at radius 2 is 2.00 bits per heavy atom. The molecule has 0 saturated carbocycles. The van der Waals surface area contributed by atoms with Gasteiger partial charge in [0.05, 0.1) is 0 Å². The molecule has 1 fully saturated rings. The number of hydrogen-bond donors (Lipinski definition) is 1. The van der Waals surface area contributed by atoms with Gasteiger partial charge in [-0.25, -0.2) is 0 Å². The van der Waals surface area contributed by atoms with Crippen LogP contribution in [0, 0.1) is 11.8 Å². The second-order valence-corrected chi connectivity index (χ2v) is 7.73. The van der Waals surface area contributed by atoms with Crippen molar-refractivity contribution in [2.24, 2.45) is 11.8 Å². The number of piperazine rings is 1. The lowest BCUT2D eigenvalue weighted by molar-refractivity contribution is 0.0518.